The molecular formula is C12H24N2O. The van der Waals surface area contributed by atoms with Crippen molar-refractivity contribution in [2.24, 2.45) is 0 Å². The van der Waals surface area contributed by atoms with Crippen molar-refractivity contribution in [1.82, 2.24) is 10.2 Å². The van der Waals surface area contributed by atoms with Crippen LogP contribution in [0, 0.1) is 0 Å². The lowest BCUT2D eigenvalue weighted by Gasteiger charge is -2.31. The van der Waals surface area contributed by atoms with E-state index in [4.69, 9.17) is 0 Å². The predicted octanol–water partition coefficient (Wildman–Crippen LogP) is 0.972. The zero-order chi connectivity index (χ0) is 11.1. The van der Waals surface area contributed by atoms with E-state index in [0.29, 0.717) is 12.1 Å². The molecular weight excluding hydrogens is 188 g/mol. The minimum Gasteiger partial charge on any atom is -0.394 e. The van der Waals surface area contributed by atoms with Gasteiger partial charge in [0.2, 0.25) is 0 Å². The third kappa shape index (κ3) is 2.35. The summed E-state index contributed by atoms with van der Waals surface area (Å²) in [6.07, 6.45) is 3.79. The number of hydrogen-bond acceptors (Lipinski definition) is 3. The zero-order valence-electron chi connectivity index (χ0n) is 10.2. The van der Waals surface area contributed by atoms with Crippen LogP contribution >= 0.6 is 0 Å². The van der Waals surface area contributed by atoms with E-state index in [-0.39, 0.29) is 12.1 Å². The summed E-state index contributed by atoms with van der Waals surface area (Å²) in [4.78, 5) is 2.58. The molecule has 2 fully saturated rings. The third-order valence-corrected chi connectivity index (χ3v) is 3.65. The van der Waals surface area contributed by atoms with Crippen LogP contribution in [0.15, 0.2) is 0 Å². The summed E-state index contributed by atoms with van der Waals surface area (Å²) < 4.78 is 0. The molecule has 1 saturated carbocycles. The van der Waals surface area contributed by atoms with Crippen LogP contribution in [0.2, 0.25) is 0 Å². The van der Waals surface area contributed by atoms with Gasteiger partial charge in [-0.25, -0.2) is 0 Å². The SMILES string of the molecule is CC(C)NC1(CO)CC(C)N(C2CC2)C1. The number of rotatable bonds is 4. The van der Waals surface area contributed by atoms with Gasteiger partial charge in [-0.2, -0.15) is 0 Å². The van der Waals surface area contributed by atoms with Crippen molar-refractivity contribution in [2.75, 3.05) is 13.2 Å². The third-order valence-electron chi connectivity index (χ3n) is 3.65. The van der Waals surface area contributed by atoms with Crippen molar-refractivity contribution >= 4 is 0 Å². The molecule has 2 aliphatic rings. The van der Waals surface area contributed by atoms with E-state index >= 15 is 0 Å². The van der Waals surface area contributed by atoms with Gasteiger partial charge < -0.3 is 10.4 Å². The van der Waals surface area contributed by atoms with Gasteiger partial charge in [-0.1, -0.05) is 13.8 Å². The molecule has 1 saturated heterocycles. The van der Waals surface area contributed by atoms with Crippen molar-refractivity contribution in [2.45, 2.75) is 63.7 Å². The lowest BCUT2D eigenvalue weighted by Crippen LogP contribution is -2.53. The smallest absolute Gasteiger partial charge is 0.0626 e. The fourth-order valence-electron chi connectivity index (χ4n) is 3.02. The lowest BCUT2D eigenvalue weighted by atomic mass is 9.96. The first-order valence-electron chi connectivity index (χ1n) is 6.20. The molecule has 0 aromatic heterocycles. The Labute approximate surface area is 92.8 Å². The molecule has 3 nitrogen and oxygen atoms in total. The Morgan fingerprint density at radius 2 is 2.13 bits per heavy atom. The van der Waals surface area contributed by atoms with Crippen LogP contribution in [0.3, 0.4) is 0 Å². The van der Waals surface area contributed by atoms with Gasteiger partial charge in [-0.15, -0.1) is 0 Å². The minimum atomic E-state index is -0.0455. The second kappa shape index (κ2) is 4.04. The number of nitrogens with one attached hydrogen (secondary N) is 1. The number of nitrogens with zero attached hydrogens (tertiary/aromatic N) is 1. The van der Waals surface area contributed by atoms with E-state index in [1.807, 2.05) is 0 Å². The molecule has 2 N–H and O–H groups in total. The van der Waals surface area contributed by atoms with Gasteiger partial charge >= 0.3 is 0 Å². The van der Waals surface area contributed by atoms with Gasteiger partial charge in [0, 0.05) is 24.7 Å². The fraction of sp³-hybridized carbons (Fsp3) is 1.00. The molecule has 3 heteroatoms. The molecule has 0 aromatic carbocycles. The number of hydrogen-bond donors (Lipinski definition) is 2. The Hall–Kier alpha value is -0.120. The highest BCUT2D eigenvalue weighted by atomic mass is 16.3. The summed E-state index contributed by atoms with van der Waals surface area (Å²) in [6.45, 7) is 7.88. The van der Waals surface area contributed by atoms with E-state index in [2.05, 4.69) is 31.0 Å². The Morgan fingerprint density at radius 3 is 2.60 bits per heavy atom. The Kier molecular flexibility index (Phi) is 3.06. The first-order valence-corrected chi connectivity index (χ1v) is 6.20. The van der Waals surface area contributed by atoms with Crippen LogP contribution in [0.5, 0.6) is 0 Å². The van der Waals surface area contributed by atoms with Gasteiger partial charge in [0.05, 0.1) is 12.1 Å². The van der Waals surface area contributed by atoms with Crippen LogP contribution in [-0.4, -0.2) is 46.8 Å². The topological polar surface area (TPSA) is 35.5 Å². The van der Waals surface area contributed by atoms with E-state index < -0.39 is 0 Å². The minimum absolute atomic E-state index is 0.0455. The Morgan fingerprint density at radius 1 is 1.47 bits per heavy atom. The highest BCUT2D eigenvalue weighted by molar-refractivity contribution is 5.05. The summed E-state index contributed by atoms with van der Waals surface area (Å²) >= 11 is 0. The number of aliphatic hydroxyl groups is 1. The van der Waals surface area contributed by atoms with Crippen LogP contribution in [0.25, 0.3) is 0 Å². The highest BCUT2D eigenvalue weighted by Crippen LogP contribution is 2.37. The molecule has 0 aromatic rings. The summed E-state index contributed by atoms with van der Waals surface area (Å²) in [5.41, 5.74) is -0.0455. The van der Waals surface area contributed by atoms with Gasteiger partial charge in [-0.05, 0) is 26.2 Å². The molecule has 0 bridgehead atoms. The van der Waals surface area contributed by atoms with Crippen molar-refractivity contribution in [3.05, 3.63) is 0 Å². The molecule has 0 radical (unpaired) electrons. The van der Waals surface area contributed by atoms with Crippen LogP contribution in [-0.2, 0) is 0 Å². The van der Waals surface area contributed by atoms with Crippen LogP contribution in [0.1, 0.15) is 40.0 Å². The first kappa shape index (κ1) is 11.4. The predicted molar refractivity (Wildman–Crippen MR) is 61.9 cm³/mol. The summed E-state index contributed by atoms with van der Waals surface area (Å²) in [7, 11) is 0. The van der Waals surface area contributed by atoms with Gasteiger partial charge in [-0.3, -0.25) is 4.90 Å². The average Bonchev–Trinajstić information content (AvgIpc) is 2.92. The van der Waals surface area contributed by atoms with Crippen LogP contribution in [0.4, 0.5) is 0 Å². The van der Waals surface area contributed by atoms with Gasteiger partial charge in [0.1, 0.15) is 0 Å². The second-order valence-corrected chi connectivity index (χ2v) is 5.69. The molecule has 1 aliphatic carbocycles. The quantitative estimate of drug-likeness (QED) is 0.729. The molecule has 15 heavy (non-hydrogen) atoms. The zero-order valence-corrected chi connectivity index (χ0v) is 10.2. The molecule has 2 atom stereocenters. The molecule has 1 heterocycles. The summed E-state index contributed by atoms with van der Waals surface area (Å²) in [5, 5.41) is 13.2. The first-order chi connectivity index (χ1) is 7.06. The maximum atomic E-state index is 9.61. The largest absolute Gasteiger partial charge is 0.394 e. The second-order valence-electron chi connectivity index (χ2n) is 5.69. The fourth-order valence-corrected chi connectivity index (χ4v) is 3.02. The van der Waals surface area contributed by atoms with E-state index in [1.54, 1.807) is 0 Å². The van der Waals surface area contributed by atoms with Gasteiger partial charge in [0.25, 0.3) is 0 Å². The molecule has 2 unspecified atom stereocenters. The van der Waals surface area contributed by atoms with Crippen LogP contribution < -0.4 is 5.32 Å². The van der Waals surface area contributed by atoms with Crippen molar-refractivity contribution in [3.8, 4) is 0 Å². The summed E-state index contributed by atoms with van der Waals surface area (Å²) in [5.74, 6) is 0. The maximum Gasteiger partial charge on any atom is 0.0626 e. The monoisotopic (exact) mass is 212 g/mol. The van der Waals surface area contributed by atoms with Crippen molar-refractivity contribution in [3.63, 3.8) is 0 Å². The molecule has 0 spiro atoms. The lowest BCUT2D eigenvalue weighted by molar-refractivity contribution is 0.150. The molecule has 1 aliphatic heterocycles. The Bertz CT molecular complexity index is 228. The van der Waals surface area contributed by atoms with E-state index in [0.717, 1.165) is 19.0 Å². The van der Waals surface area contributed by atoms with Crippen molar-refractivity contribution < 1.29 is 5.11 Å². The molecule has 88 valence electrons. The van der Waals surface area contributed by atoms with E-state index in [1.165, 1.54) is 12.8 Å². The number of aliphatic hydroxyl groups excluding tert-OH is 1. The Balaban J connectivity index is 2.01. The maximum absolute atomic E-state index is 9.61. The number of likely N-dealkylation sites (tertiary alicyclic amines) is 1. The summed E-state index contributed by atoms with van der Waals surface area (Å²) in [6, 6.07) is 1.88. The average molecular weight is 212 g/mol. The molecule has 0 amide bonds. The van der Waals surface area contributed by atoms with E-state index in [9.17, 15) is 5.11 Å². The normalized spacial score (nSPS) is 37.8. The van der Waals surface area contributed by atoms with Crippen molar-refractivity contribution in [1.29, 1.82) is 0 Å². The highest BCUT2D eigenvalue weighted by Gasteiger charge is 2.46. The standard InChI is InChI=1S/C12H24N2O/c1-9(2)13-12(8-15)6-10(3)14(7-12)11-4-5-11/h9-11,13,15H,4-8H2,1-3H3. The molecule has 2 rings (SSSR count). The van der Waals surface area contributed by atoms with Gasteiger partial charge in [0.15, 0.2) is 0 Å².